The number of aliphatic carboxylic acids is 1. The molecule has 1 aromatic carbocycles. The van der Waals surface area contributed by atoms with Gasteiger partial charge in [-0.2, -0.15) is 0 Å². The molecule has 2 rings (SSSR count). The van der Waals surface area contributed by atoms with Crippen molar-refractivity contribution >= 4 is 21.9 Å². The number of benzene rings is 1. The van der Waals surface area contributed by atoms with Gasteiger partial charge in [0.05, 0.1) is 5.60 Å². The third kappa shape index (κ3) is 3.31. The van der Waals surface area contributed by atoms with Crippen LogP contribution in [0, 0.1) is 0 Å². The molecule has 5 heteroatoms. The zero-order valence-electron chi connectivity index (χ0n) is 10.2. The molecule has 1 fully saturated rings. The summed E-state index contributed by atoms with van der Waals surface area (Å²) in [6.07, 6.45) is 0. The molecule has 1 saturated heterocycles. The Hall–Kier alpha value is -0.910. The third-order valence-electron chi connectivity index (χ3n) is 3.01. The summed E-state index contributed by atoms with van der Waals surface area (Å²) in [6, 6.07) is 8.11. The number of ether oxygens (including phenoxy) is 1. The lowest BCUT2D eigenvalue weighted by Crippen LogP contribution is -2.61. The van der Waals surface area contributed by atoms with E-state index >= 15 is 0 Å². The van der Waals surface area contributed by atoms with Gasteiger partial charge in [0, 0.05) is 24.1 Å². The number of carbonyl (C=O) groups is 1. The molecule has 1 heterocycles. The van der Waals surface area contributed by atoms with Crippen LogP contribution in [0.5, 0.6) is 0 Å². The van der Waals surface area contributed by atoms with E-state index in [1.165, 1.54) is 5.56 Å². The fourth-order valence-electron chi connectivity index (χ4n) is 2.21. The van der Waals surface area contributed by atoms with Crippen LogP contribution in [0.1, 0.15) is 12.5 Å². The lowest BCUT2D eigenvalue weighted by molar-refractivity contribution is -0.165. The van der Waals surface area contributed by atoms with Gasteiger partial charge in [0.15, 0.2) is 0 Å². The first-order valence-corrected chi connectivity index (χ1v) is 6.59. The van der Waals surface area contributed by atoms with Gasteiger partial charge in [-0.3, -0.25) is 4.90 Å². The maximum Gasteiger partial charge on any atom is 0.329 e. The predicted molar refractivity (Wildman–Crippen MR) is 71.4 cm³/mol. The zero-order chi connectivity index (χ0) is 13.2. The Bertz CT molecular complexity index is 444. The minimum atomic E-state index is -0.916. The van der Waals surface area contributed by atoms with Crippen LogP contribution in [0.2, 0.25) is 0 Å². The van der Waals surface area contributed by atoms with E-state index in [9.17, 15) is 4.79 Å². The van der Waals surface area contributed by atoms with Crippen molar-refractivity contribution in [2.45, 2.75) is 19.1 Å². The minimum Gasteiger partial charge on any atom is -0.480 e. The number of rotatable bonds is 5. The highest BCUT2D eigenvalue weighted by Gasteiger charge is 2.40. The molecule has 0 atom stereocenters. The van der Waals surface area contributed by atoms with Gasteiger partial charge in [0.25, 0.3) is 0 Å². The standard InChI is InChI=1S/C13H16BrNO3/c1-13(18-7-12(16)17)8-15(9-13)6-10-4-2-3-5-11(10)14/h2-5H,6-9H2,1H3,(H,16,17). The van der Waals surface area contributed by atoms with E-state index in [2.05, 4.69) is 26.9 Å². The summed E-state index contributed by atoms with van der Waals surface area (Å²) in [4.78, 5) is 12.7. The zero-order valence-corrected chi connectivity index (χ0v) is 11.8. The summed E-state index contributed by atoms with van der Waals surface area (Å²) in [5.41, 5.74) is 0.914. The summed E-state index contributed by atoms with van der Waals surface area (Å²) in [5, 5.41) is 8.59. The van der Waals surface area contributed by atoms with Gasteiger partial charge in [-0.1, -0.05) is 34.1 Å². The Kier molecular flexibility index (Phi) is 4.04. The molecule has 4 nitrogen and oxygen atoms in total. The van der Waals surface area contributed by atoms with E-state index in [1.807, 2.05) is 25.1 Å². The maximum absolute atomic E-state index is 10.5. The Labute approximate surface area is 115 Å². The van der Waals surface area contributed by atoms with Crippen molar-refractivity contribution in [1.29, 1.82) is 0 Å². The van der Waals surface area contributed by atoms with E-state index in [0.717, 1.165) is 24.1 Å². The van der Waals surface area contributed by atoms with Crippen molar-refractivity contribution < 1.29 is 14.6 Å². The highest BCUT2D eigenvalue weighted by atomic mass is 79.9. The van der Waals surface area contributed by atoms with E-state index in [1.54, 1.807) is 0 Å². The van der Waals surface area contributed by atoms with Crippen LogP contribution in [0.3, 0.4) is 0 Å². The first kappa shape index (κ1) is 13.5. The molecule has 0 bridgehead atoms. The highest BCUT2D eigenvalue weighted by Crippen LogP contribution is 2.28. The van der Waals surface area contributed by atoms with Crippen LogP contribution in [0.4, 0.5) is 0 Å². The van der Waals surface area contributed by atoms with Crippen LogP contribution < -0.4 is 0 Å². The fourth-order valence-corrected chi connectivity index (χ4v) is 2.62. The minimum absolute atomic E-state index is 0.223. The van der Waals surface area contributed by atoms with Gasteiger partial charge in [0.2, 0.25) is 0 Å². The molecule has 18 heavy (non-hydrogen) atoms. The largest absolute Gasteiger partial charge is 0.480 e. The Morgan fingerprint density at radius 3 is 2.78 bits per heavy atom. The summed E-state index contributed by atoms with van der Waals surface area (Å²) in [6.45, 7) is 4.11. The van der Waals surface area contributed by atoms with Crippen molar-refractivity contribution in [2.24, 2.45) is 0 Å². The molecule has 1 aromatic rings. The molecular weight excluding hydrogens is 298 g/mol. The molecule has 1 aliphatic rings. The summed E-state index contributed by atoms with van der Waals surface area (Å²) in [7, 11) is 0. The number of carboxylic acids is 1. The third-order valence-corrected chi connectivity index (χ3v) is 3.79. The van der Waals surface area contributed by atoms with Crippen LogP contribution in [0.25, 0.3) is 0 Å². The normalized spacial score (nSPS) is 18.3. The van der Waals surface area contributed by atoms with E-state index in [0.29, 0.717) is 0 Å². The molecule has 0 spiro atoms. The Morgan fingerprint density at radius 1 is 1.50 bits per heavy atom. The molecule has 98 valence electrons. The molecule has 1 N–H and O–H groups in total. The van der Waals surface area contributed by atoms with E-state index in [4.69, 9.17) is 9.84 Å². The second kappa shape index (κ2) is 5.38. The lowest BCUT2D eigenvalue weighted by Gasteiger charge is -2.47. The quantitative estimate of drug-likeness (QED) is 0.904. The van der Waals surface area contributed by atoms with Gasteiger partial charge in [-0.25, -0.2) is 4.79 Å². The lowest BCUT2D eigenvalue weighted by atomic mass is 9.95. The van der Waals surface area contributed by atoms with Crippen LogP contribution in [-0.2, 0) is 16.1 Å². The van der Waals surface area contributed by atoms with Crippen LogP contribution in [0.15, 0.2) is 28.7 Å². The molecule has 0 aromatic heterocycles. The molecule has 0 amide bonds. The van der Waals surface area contributed by atoms with Gasteiger partial charge >= 0.3 is 5.97 Å². The average molecular weight is 314 g/mol. The van der Waals surface area contributed by atoms with Gasteiger partial charge in [-0.15, -0.1) is 0 Å². The Morgan fingerprint density at radius 2 is 2.17 bits per heavy atom. The SMILES string of the molecule is CC1(OCC(=O)O)CN(Cc2ccccc2Br)C1. The van der Waals surface area contributed by atoms with Crippen molar-refractivity contribution in [1.82, 2.24) is 4.90 Å². The molecule has 0 saturated carbocycles. The second-order valence-electron chi connectivity index (χ2n) is 4.87. The number of hydrogen-bond donors (Lipinski definition) is 1. The summed E-state index contributed by atoms with van der Waals surface area (Å²) in [5.74, 6) is -0.916. The van der Waals surface area contributed by atoms with Crippen LogP contribution >= 0.6 is 15.9 Å². The van der Waals surface area contributed by atoms with Gasteiger partial charge in [-0.05, 0) is 18.6 Å². The monoisotopic (exact) mass is 313 g/mol. The first-order chi connectivity index (χ1) is 8.48. The Balaban J connectivity index is 1.82. The predicted octanol–water partition coefficient (Wildman–Crippen LogP) is 2.12. The first-order valence-electron chi connectivity index (χ1n) is 5.80. The number of hydrogen-bond acceptors (Lipinski definition) is 3. The topological polar surface area (TPSA) is 49.8 Å². The number of nitrogens with zero attached hydrogens (tertiary/aromatic N) is 1. The fraction of sp³-hybridized carbons (Fsp3) is 0.462. The van der Waals surface area contributed by atoms with E-state index in [-0.39, 0.29) is 12.2 Å². The maximum atomic E-state index is 10.5. The molecular formula is C13H16BrNO3. The average Bonchev–Trinajstić information content (AvgIpc) is 2.27. The highest BCUT2D eigenvalue weighted by molar-refractivity contribution is 9.10. The molecule has 0 unspecified atom stereocenters. The van der Waals surface area contributed by atoms with Gasteiger partial charge in [0.1, 0.15) is 6.61 Å². The van der Waals surface area contributed by atoms with Gasteiger partial charge < -0.3 is 9.84 Å². The molecule has 0 aliphatic carbocycles. The van der Waals surface area contributed by atoms with Crippen molar-refractivity contribution in [3.05, 3.63) is 34.3 Å². The van der Waals surface area contributed by atoms with Crippen molar-refractivity contribution in [3.63, 3.8) is 0 Å². The smallest absolute Gasteiger partial charge is 0.329 e. The number of carboxylic acid groups (broad SMARTS) is 1. The van der Waals surface area contributed by atoms with Crippen molar-refractivity contribution in [3.8, 4) is 0 Å². The molecule has 0 radical (unpaired) electrons. The summed E-state index contributed by atoms with van der Waals surface area (Å²) >= 11 is 3.52. The number of halogens is 1. The second-order valence-corrected chi connectivity index (χ2v) is 5.72. The van der Waals surface area contributed by atoms with Crippen LogP contribution in [-0.4, -0.2) is 41.3 Å². The van der Waals surface area contributed by atoms with Crippen molar-refractivity contribution in [2.75, 3.05) is 19.7 Å². The summed E-state index contributed by atoms with van der Waals surface area (Å²) < 4.78 is 6.47. The van der Waals surface area contributed by atoms with E-state index < -0.39 is 5.97 Å². The number of likely N-dealkylation sites (tertiary alicyclic amines) is 1. The molecule has 1 aliphatic heterocycles.